The van der Waals surface area contributed by atoms with Crippen LogP contribution in [0.3, 0.4) is 0 Å². The van der Waals surface area contributed by atoms with Crippen molar-refractivity contribution in [2.75, 3.05) is 6.54 Å². The number of carbonyl (C=O) groups excluding carboxylic acids is 2. The van der Waals surface area contributed by atoms with E-state index in [0.29, 0.717) is 6.42 Å². The SMILES string of the molecule is O=C1C=CCCN1C(=O)/C=C/c1ccccc1C(F)(F)F. The Morgan fingerprint density at radius 2 is 1.95 bits per heavy atom. The van der Waals surface area contributed by atoms with Crippen molar-refractivity contribution in [2.45, 2.75) is 12.6 Å². The summed E-state index contributed by atoms with van der Waals surface area (Å²) in [5, 5.41) is 0. The van der Waals surface area contributed by atoms with E-state index >= 15 is 0 Å². The van der Waals surface area contributed by atoms with Crippen LogP contribution in [0, 0.1) is 0 Å². The molecule has 1 aliphatic heterocycles. The Labute approximate surface area is 119 Å². The van der Waals surface area contributed by atoms with Gasteiger partial charge in [-0.1, -0.05) is 24.3 Å². The number of nitrogens with zero attached hydrogens (tertiary/aromatic N) is 1. The maximum Gasteiger partial charge on any atom is 0.416 e. The molecule has 0 atom stereocenters. The summed E-state index contributed by atoms with van der Waals surface area (Å²) >= 11 is 0. The third-order valence-electron chi connectivity index (χ3n) is 2.98. The maximum absolute atomic E-state index is 12.8. The van der Waals surface area contributed by atoms with Crippen molar-refractivity contribution in [2.24, 2.45) is 0 Å². The zero-order chi connectivity index (χ0) is 15.5. The highest BCUT2D eigenvalue weighted by Crippen LogP contribution is 2.32. The number of alkyl halides is 3. The molecular weight excluding hydrogens is 283 g/mol. The molecule has 2 rings (SSSR count). The molecule has 21 heavy (non-hydrogen) atoms. The molecule has 0 spiro atoms. The zero-order valence-electron chi connectivity index (χ0n) is 10.9. The molecule has 0 aromatic heterocycles. The van der Waals surface area contributed by atoms with Gasteiger partial charge in [0, 0.05) is 12.6 Å². The molecular formula is C15H12F3NO2. The fraction of sp³-hybridized carbons (Fsp3) is 0.200. The van der Waals surface area contributed by atoms with E-state index in [1.165, 1.54) is 24.3 Å². The number of hydrogen-bond acceptors (Lipinski definition) is 2. The molecule has 0 unspecified atom stereocenters. The molecule has 0 N–H and O–H groups in total. The number of hydrogen-bond donors (Lipinski definition) is 0. The van der Waals surface area contributed by atoms with E-state index in [1.54, 1.807) is 6.08 Å². The van der Waals surface area contributed by atoms with Crippen molar-refractivity contribution in [1.29, 1.82) is 0 Å². The van der Waals surface area contributed by atoms with Crippen LogP contribution in [0.2, 0.25) is 0 Å². The standard InChI is InChI=1S/C15H12F3NO2/c16-15(17,18)12-6-2-1-5-11(12)8-9-14(21)19-10-4-3-7-13(19)20/h1-3,5-9H,4,10H2/b9-8+. The number of amides is 2. The Morgan fingerprint density at radius 3 is 2.62 bits per heavy atom. The molecule has 0 saturated heterocycles. The minimum Gasteiger partial charge on any atom is -0.275 e. The number of imide groups is 1. The third kappa shape index (κ3) is 3.59. The quantitative estimate of drug-likeness (QED) is 0.786. The second-order valence-electron chi connectivity index (χ2n) is 4.44. The minimum atomic E-state index is -4.49. The first-order valence-corrected chi connectivity index (χ1v) is 6.26. The molecule has 110 valence electrons. The number of rotatable bonds is 2. The first kappa shape index (κ1) is 15.0. The van der Waals surface area contributed by atoms with Crippen LogP contribution in [0.4, 0.5) is 13.2 Å². The largest absolute Gasteiger partial charge is 0.416 e. The lowest BCUT2D eigenvalue weighted by atomic mass is 10.1. The fourth-order valence-electron chi connectivity index (χ4n) is 1.96. The normalized spacial score (nSPS) is 15.8. The summed E-state index contributed by atoms with van der Waals surface area (Å²) in [6.45, 7) is 0.236. The first-order chi connectivity index (χ1) is 9.89. The minimum absolute atomic E-state index is 0.113. The van der Waals surface area contributed by atoms with Crippen LogP contribution in [0.15, 0.2) is 42.5 Å². The van der Waals surface area contributed by atoms with Crippen LogP contribution in [0.25, 0.3) is 6.08 Å². The van der Waals surface area contributed by atoms with E-state index < -0.39 is 23.6 Å². The van der Waals surface area contributed by atoms with E-state index in [9.17, 15) is 22.8 Å². The molecule has 0 fully saturated rings. The van der Waals surface area contributed by atoms with E-state index in [0.717, 1.165) is 23.1 Å². The van der Waals surface area contributed by atoms with Crippen LogP contribution in [-0.4, -0.2) is 23.3 Å². The molecule has 6 heteroatoms. The molecule has 1 aromatic rings. The van der Waals surface area contributed by atoms with E-state index in [2.05, 4.69) is 0 Å². The van der Waals surface area contributed by atoms with E-state index in [-0.39, 0.29) is 12.1 Å². The van der Waals surface area contributed by atoms with Gasteiger partial charge in [0.2, 0.25) is 0 Å². The maximum atomic E-state index is 12.8. The average Bonchev–Trinajstić information content (AvgIpc) is 2.44. The summed E-state index contributed by atoms with van der Waals surface area (Å²) in [5.74, 6) is -1.08. The van der Waals surface area contributed by atoms with Crippen molar-refractivity contribution < 1.29 is 22.8 Å². The molecule has 0 aliphatic carbocycles. The Balaban J connectivity index is 2.20. The zero-order valence-corrected chi connectivity index (χ0v) is 10.9. The Hall–Kier alpha value is -2.37. The lowest BCUT2D eigenvalue weighted by molar-refractivity contribution is -0.139. The van der Waals surface area contributed by atoms with Gasteiger partial charge in [-0.15, -0.1) is 0 Å². The topological polar surface area (TPSA) is 37.4 Å². The van der Waals surface area contributed by atoms with Gasteiger partial charge in [-0.2, -0.15) is 13.2 Å². The molecule has 1 heterocycles. The summed E-state index contributed by atoms with van der Waals surface area (Å²) in [4.78, 5) is 24.3. The first-order valence-electron chi connectivity index (χ1n) is 6.26. The molecule has 3 nitrogen and oxygen atoms in total. The van der Waals surface area contributed by atoms with Gasteiger partial charge in [0.1, 0.15) is 0 Å². The van der Waals surface area contributed by atoms with Gasteiger partial charge in [0.05, 0.1) is 5.56 Å². The van der Waals surface area contributed by atoms with Crippen molar-refractivity contribution in [3.8, 4) is 0 Å². The highest BCUT2D eigenvalue weighted by molar-refractivity contribution is 6.06. The summed E-state index contributed by atoms with van der Waals surface area (Å²) in [6.07, 6.45) is 1.05. The lowest BCUT2D eigenvalue weighted by Gasteiger charge is -2.19. The van der Waals surface area contributed by atoms with Crippen LogP contribution in [-0.2, 0) is 15.8 Å². The Morgan fingerprint density at radius 1 is 1.24 bits per heavy atom. The highest BCUT2D eigenvalue weighted by atomic mass is 19.4. The van der Waals surface area contributed by atoms with Gasteiger partial charge < -0.3 is 0 Å². The molecule has 0 radical (unpaired) electrons. The molecule has 2 amide bonds. The van der Waals surface area contributed by atoms with Crippen molar-refractivity contribution in [1.82, 2.24) is 4.90 Å². The lowest BCUT2D eigenvalue weighted by Crippen LogP contribution is -2.37. The highest BCUT2D eigenvalue weighted by Gasteiger charge is 2.32. The second kappa shape index (κ2) is 5.95. The van der Waals surface area contributed by atoms with Crippen LogP contribution in [0.5, 0.6) is 0 Å². The van der Waals surface area contributed by atoms with Gasteiger partial charge >= 0.3 is 6.18 Å². The number of benzene rings is 1. The second-order valence-corrected chi connectivity index (χ2v) is 4.44. The van der Waals surface area contributed by atoms with Crippen molar-refractivity contribution >= 4 is 17.9 Å². The average molecular weight is 295 g/mol. The van der Waals surface area contributed by atoms with E-state index in [1.807, 2.05) is 0 Å². The predicted octanol–water partition coefficient (Wildman–Crippen LogP) is 3.03. The van der Waals surface area contributed by atoms with Crippen molar-refractivity contribution in [3.63, 3.8) is 0 Å². The predicted molar refractivity (Wildman–Crippen MR) is 71.0 cm³/mol. The molecule has 1 aliphatic rings. The van der Waals surface area contributed by atoms with Crippen molar-refractivity contribution in [3.05, 3.63) is 53.6 Å². The van der Waals surface area contributed by atoms with Gasteiger partial charge in [-0.3, -0.25) is 14.5 Å². The monoisotopic (exact) mass is 295 g/mol. The summed E-state index contributed by atoms with van der Waals surface area (Å²) in [6, 6.07) is 4.94. The molecule has 0 bridgehead atoms. The van der Waals surface area contributed by atoms with Gasteiger partial charge in [-0.25, -0.2) is 0 Å². The van der Waals surface area contributed by atoms with Gasteiger partial charge in [0.25, 0.3) is 11.8 Å². The smallest absolute Gasteiger partial charge is 0.275 e. The fourth-order valence-corrected chi connectivity index (χ4v) is 1.96. The Kier molecular flexibility index (Phi) is 4.26. The summed E-state index contributed by atoms with van der Waals surface area (Å²) in [7, 11) is 0. The van der Waals surface area contributed by atoms with Crippen LogP contribution < -0.4 is 0 Å². The van der Waals surface area contributed by atoms with Crippen LogP contribution in [0.1, 0.15) is 17.5 Å². The Bertz CT molecular complexity index is 618. The molecule has 0 saturated carbocycles. The van der Waals surface area contributed by atoms with Gasteiger partial charge in [0.15, 0.2) is 0 Å². The van der Waals surface area contributed by atoms with Gasteiger partial charge in [-0.05, 0) is 30.2 Å². The summed E-state index contributed by atoms with van der Waals surface area (Å²) < 4.78 is 38.4. The number of carbonyl (C=O) groups is 2. The van der Waals surface area contributed by atoms with Crippen LogP contribution >= 0.6 is 0 Å². The summed E-state index contributed by atoms with van der Waals surface area (Å²) in [5.41, 5.74) is -0.933. The van der Waals surface area contributed by atoms with E-state index in [4.69, 9.17) is 0 Å². The molecule has 1 aromatic carbocycles. The third-order valence-corrected chi connectivity index (χ3v) is 2.98. The number of halogens is 3.